The van der Waals surface area contributed by atoms with E-state index in [2.05, 4.69) is 22.8 Å². The van der Waals surface area contributed by atoms with Crippen molar-refractivity contribution < 1.29 is 32.7 Å². The van der Waals surface area contributed by atoms with E-state index < -0.39 is 41.8 Å². The molecule has 0 aromatic heterocycles. The fraction of sp³-hybridized carbons (Fsp3) is 0.400. The highest BCUT2D eigenvalue weighted by molar-refractivity contribution is 7.99. The summed E-state index contributed by atoms with van der Waals surface area (Å²) in [4.78, 5) is 37.3. The van der Waals surface area contributed by atoms with Gasteiger partial charge in [0.2, 0.25) is 5.91 Å². The van der Waals surface area contributed by atoms with Gasteiger partial charge in [-0.25, -0.2) is 4.79 Å². The fourth-order valence-electron chi connectivity index (χ4n) is 4.08. The molecule has 3 rings (SSSR count). The molecule has 0 saturated heterocycles. The molecule has 7 nitrogen and oxygen atoms in total. The molecule has 0 spiro atoms. The molecule has 36 heavy (non-hydrogen) atoms. The highest BCUT2D eigenvalue weighted by atomic mass is 32.2. The first-order valence-electron chi connectivity index (χ1n) is 11.5. The van der Waals surface area contributed by atoms with Crippen LogP contribution in [0, 0.1) is 12.8 Å². The number of rotatable bonds is 8. The number of nitrogens with one attached hydrogen (secondary N) is 3. The molecule has 1 aliphatic carbocycles. The summed E-state index contributed by atoms with van der Waals surface area (Å²) in [5, 5.41) is 16.1. The molecule has 0 heterocycles. The van der Waals surface area contributed by atoms with Gasteiger partial charge in [0.25, 0.3) is 5.91 Å². The van der Waals surface area contributed by atoms with E-state index in [-0.39, 0.29) is 17.6 Å². The molecule has 4 N–H and O–H groups in total. The number of carbonyl (C=O) groups excluding carboxylic acids is 2. The number of halogens is 3. The Bertz CT molecular complexity index is 1090. The van der Waals surface area contributed by atoms with Gasteiger partial charge in [-0.3, -0.25) is 14.9 Å². The maximum absolute atomic E-state index is 13.1. The summed E-state index contributed by atoms with van der Waals surface area (Å²) in [5.41, 5.74) is -0.761. The third-order valence-corrected chi connectivity index (χ3v) is 7.18. The molecule has 11 heteroatoms. The number of aryl methyl sites for hydroxylation is 1. The lowest BCUT2D eigenvalue weighted by Crippen LogP contribution is -2.47. The molecule has 2 aromatic carbocycles. The van der Waals surface area contributed by atoms with E-state index in [0.29, 0.717) is 12.1 Å². The Kier molecular flexibility index (Phi) is 9.25. The van der Waals surface area contributed by atoms with E-state index >= 15 is 0 Å². The van der Waals surface area contributed by atoms with Crippen LogP contribution in [0.5, 0.6) is 0 Å². The standard InChI is InChI=1S/C25H28F3N3O4S/c1-15-6-9-18(10-7-15)36-14-16-4-2-3-5-20(16)30-22(32)13-29-23(33)19-12-17(25(26,27)28)8-11-21(19)31-24(34)35/h6-12,16,20,31H,2-5,13-14H2,1H3,(H,29,33)(H,30,32)(H,34,35)/t16-,20-/m0/s1. The van der Waals surface area contributed by atoms with Gasteiger partial charge in [0.05, 0.1) is 23.4 Å². The summed E-state index contributed by atoms with van der Waals surface area (Å²) < 4.78 is 39.3. The van der Waals surface area contributed by atoms with E-state index in [0.717, 1.165) is 42.4 Å². The lowest BCUT2D eigenvalue weighted by atomic mass is 9.86. The molecule has 0 bridgehead atoms. The fourth-order valence-corrected chi connectivity index (χ4v) is 5.22. The first-order valence-corrected chi connectivity index (χ1v) is 12.5. The molecular weight excluding hydrogens is 495 g/mol. The second kappa shape index (κ2) is 12.2. The van der Waals surface area contributed by atoms with E-state index in [1.165, 1.54) is 5.56 Å². The maximum Gasteiger partial charge on any atom is 0.416 e. The first kappa shape index (κ1) is 27.4. The summed E-state index contributed by atoms with van der Waals surface area (Å²) in [6.07, 6.45) is -2.45. The third-order valence-electron chi connectivity index (χ3n) is 5.98. The van der Waals surface area contributed by atoms with Crippen molar-refractivity contribution in [1.82, 2.24) is 10.6 Å². The van der Waals surface area contributed by atoms with Crippen LogP contribution in [0.4, 0.5) is 23.7 Å². The molecule has 0 radical (unpaired) electrons. The Labute approximate surface area is 211 Å². The summed E-state index contributed by atoms with van der Waals surface area (Å²) >= 11 is 1.72. The van der Waals surface area contributed by atoms with Gasteiger partial charge in [0.15, 0.2) is 0 Å². The molecule has 1 fully saturated rings. The average molecular weight is 524 g/mol. The predicted molar refractivity (Wildman–Crippen MR) is 131 cm³/mol. The van der Waals surface area contributed by atoms with Crippen molar-refractivity contribution in [2.24, 2.45) is 5.92 Å². The molecular formula is C25H28F3N3O4S. The van der Waals surface area contributed by atoms with Gasteiger partial charge in [-0.2, -0.15) is 13.2 Å². The zero-order valence-electron chi connectivity index (χ0n) is 19.7. The second-order valence-corrected chi connectivity index (χ2v) is 9.81. The zero-order valence-corrected chi connectivity index (χ0v) is 20.5. The van der Waals surface area contributed by atoms with E-state index in [1.54, 1.807) is 11.8 Å². The number of benzene rings is 2. The van der Waals surface area contributed by atoms with Crippen molar-refractivity contribution in [2.75, 3.05) is 17.6 Å². The van der Waals surface area contributed by atoms with Gasteiger partial charge in [0, 0.05) is 16.7 Å². The van der Waals surface area contributed by atoms with Crippen molar-refractivity contribution in [3.8, 4) is 0 Å². The van der Waals surface area contributed by atoms with Gasteiger partial charge in [-0.1, -0.05) is 30.5 Å². The largest absolute Gasteiger partial charge is 0.465 e. The average Bonchev–Trinajstić information content (AvgIpc) is 2.82. The summed E-state index contributed by atoms with van der Waals surface area (Å²) in [5.74, 6) is -0.371. The molecule has 194 valence electrons. The summed E-state index contributed by atoms with van der Waals surface area (Å²) in [6, 6.07) is 10.2. The van der Waals surface area contributed by atoms with Crippen LogP contribution < -0.4 is 16.0 Å². The Morgan fingerprint density at radius 1 is 1.06 bits per heavy atom. The Morgan fingerprint density at radius 2 is 1.75 bits per heavy atom. The topological polar surface area (TPSA) is 108 Å². The van der Waals surface area contributed by atoms with Crippen LogP contribution in [0.15, 0.2) is 47.4 Å². The normalized spacial score (nSPS) is 17.8. The van der Waals surface area contributed by atoms with Gasteiger partial charge in [-0.15, -0.1) is 11.8 Å². The lowest BCUT2D eigenvalue weighted by molar-refractivity contribution is -0.137. The van der Waals surface area contributed by atoms with Crippen molar-refractivity contribution in [1.29, 1.82) is 0 Å². The van der Waals surface area contributed by atoms with Crippen LogP contribution >= 0.6 is 11.8 Å². The maximum atomic E-state index is 13.1. The number of hydrogen-bond acceptors (Lipinski definition) is 4. The number of carbonyl (C=O) groups is 3. The minimum absolute atomic E-state index is 0.0705. The predicted octanol–water partition coefficient (Wildman–Crippen LogP) is 5.30. The number of amides is 3. The van der Waals surface area contributed by atoms with Gasteiger partial charge >= 0.3 is 12.3 Å². The van der Waals surface area contributed by atoms with Gasteiger partial charge < -0.3 is 15.7 Å². The van der Waals surface area contributed by atoms with Crippen molar-refractivity contribution >= 4 is 35.4 Å². The monoisotopic (exact) mass is 523 g/mol. The highest BCUT2D eigenvalue weighted by Gasteiger charge is 2.32. The van der Waals surface area contributed by atoms with E-state index in [1.807, 2.05) is 24.4 Å². The summed E-state index contributed by atoms with van der Waals surface area (Å²) in [6.45, 7) is 1.58. The van der Waals surface area contributed by atoms with Crippen LogP contribution in [0.3, 0.4) is 0 Å². The molecule has 2 aromatic rings. The number of hydrogen-bond donors (Lipinski definition) is 4. The quantitative estimate of drug-likeness (QED) is 0.351. The molecule has 0 aliphatic heterocycles. The Hall–Kier alpha value is -3.21. The molecule has 0 unspecified atom stereocenters. The van der Waals surface area contributed by atoms with Crippen LogP contribution in [0.2, 0.25) is 0 Å². The smallest absolute Gasteiger partial charge is 0.416 e. The Morgan fingerprint density at radius 3 is 2.42 bits per heavy atom. The number of anilines is 1. The molecule has 3 amide bonds. The van der Waals surface area contributed by atoms with Crippen LogP contribution in [0.25, 0.3) is 0 Å². The van der Waals surface area contributed by atoms with Gasteiger partial charge in [0.1, 0.15) is 0 Å². The van der Waals surface area contributed by atoms with Crippen LogP contribution in [-0.2, 0) is 11.0 Å². The van der Waals surface area contributed by atoms with Crippen LogP contribution in [0.1, 0.15) is 47.2 Å². The first-order chi connectivity index (χ1) is 17.0. The minimum Gasteiger partial charge on any atom is -0.465 e. The SMILES string of the molecule is Cc1ccc(SC[C@@H]2CCCC[C@@H]2NC(=O)CNC(=O)c2cc(C(F)(F)F)ccc2NC(=O)O)cc1. The lowest BCUT2D eigenvalue weighted by Gasteiger charge is -2.32. The van der Waals surface area contributed by atoms with Gasteiger partial charge in [-0.05, 0) is 56.0 Å². The molecule has 1 saturated carbocycles. The van der Waals surface area contributed by atoms with Crippen molar-refractivity contribution in [3.05, 3.63) is 59.2 Å². The summed E-state index contributed by atoms with van der Waals surface area (Å²) in [7, 11) is 0. The molecule has 2 atom stereocenters. The van der Waals surface area contributed by atoms with E-state index in [4.69, 9.17) is 5.11 Å². The minimum atomic E-state index is -4.72. The molecule has 1 aliphatic rings. The van der Waals surface area contributed by atoms with Crippen LogP contribution in [-0.4, -0.2) is 41.4 Å². The Balaban J connectivity index is 1.59. The third kappa shape index (κ3) is 7.91. The number of alkyl halides is 3. The zero-order chi connectivity index (χ0) is 26.3. The highest BCUT2D eigenvalue weighted by Crippen LogP contribution is 2.32. The number of thioether (sulfide) groups is 1. The second-order valence-electron chi connectivity index (χ2n) is 8.71. The van der Waals surface area contributed by atoms with Crippen molar-refractivity contribution in [3.63, 3.8) is 0 Å². The van der Waals surface area contributed by atoms with E-state index in [9.17, 15) is 27.6 Å². The van der Waals surface area contributed by atoms with Crippen molar-refractivity contribution in [2.45, 2.75) is 49.7 Å². The number of carboxylic acid groups (broad SMARTS) is 1.